The number of pyridine rings is 1. The average Bonchev–Trinajstić information content (AvgIpc) is 3.46. The Hall–Kier alpha value is -3.48. The van der Waals surface area contributed by atoms with E-state index in [9.17, 15) is 4.39 Å². The quantitative estimate of drug-likeness (QED) is 0.578. The third-order valence-electron chi connectivity index (χ3n) is 6.98. The lowest BCUT2D eigenvalue weighted by Crippen LogP contribution is -2.47. The summed E-state index contributed by atoms with van der Waals surface area (Å²) in [6, 6.07) is 13.7. The van der Waals surface area contributed by atoms with Gasteiger partial charge >= 0.3 is 0 Å². The second-order valence-corrected chi connectivity index (χ2v) is 8.85. The molecule has 7 heteroatoms. The van der Waals surface area contributed by atoms with Gasteiger partial charge in [-0.05, 0) is 43.9 Å². The smallest absolute Gasteiger partial charge is 0.213 e. The second kappa shape index (κ2) is 7.02. The lowest BCUT2D eigenvalue weighted by molar-refractivity contribution is 0.585. The number of aliphatic imine (C=N–C) groups is 1. The van der Waals surface area contributed by atoms with Crippen molar-refractivity contribution in [1.82, 2.24) is 19.7 Å². The molecular weight excluding hydrogens is 403 g/mol. The predicted octanol–water partition coefficient (Wildman–Crippen LogP) is 4.45. The monoisotopic (exact) mass is 428 g/mol. The Morgan fingerprint density at radius 2 is 1.94 bits per heavy atom. The molecule has 6 nitrogen and oxygen atoms in total. The molecule has 0 radical (unpaired) electrons. The standard InChI is InChI=1S/C25H25FN6/c1-15-23-16(2)31(14-17-10-12-18(13-11-17)19-6-5-9-22(26)27-19)29-24(23)32-21-8-4-7-20(21)28-25(32)30(15)3/h5-6,9-13,20-21H,1,4,7-8,14H2,2-3H3. The molecule has 1 saturated carbocycles. The topological polar surface area (TPSA) is 49.6 Å². The highest BCUT2D eigenvalue weighted by atomic mass is 19.1. The zero-order valence-corrected chi connectivity index (χ0v) is 18.3. The molecule has 3 aromatic rings. The van der Waals surface area contributed by atoms with E-state index >= 15 is 0 Å². The van der Waals surface area contributed by atoms with E-state index in [-0.39, 0.29) is 0 Å². The number of benzene rings is 1. The van der Waals surface area contributed by atoms with Gasteiger partial charge in [0.1, 0.15) is 0 Å². The minimum absolute atomic E-state index is 0.362. The summed E-state index contributed by atoms with van der Waals surface area (Å²) in [5.41, 5.74) is 5.82. The Balaban J connectivity index is 1.33. The van der Waals surface area contributed by atoms with Crippen molar-refractivity contribution in [1.29, 1.82) is 0 Å². The van der Waals surface area contributed by atoms with Crippen LogP contribution in [-0.4, -0.2) is 44.8 Å². The first-order valence-electron chi connectivity index (χ1n) is 11.1. The summed E-state index contributed by atoms with van der Waals surface area (Å²) in [7, 11) is 2.05. The zero-order valence-electron chi connectivity index (χ0n) is 18.3. The summed E-state index contributed by atoms with van der Waals surface area (Å²) in [6.07, 6.45) is 3.51. The van der Waals surface area contributed by atoms with Crippen molar-refractivity contribution in [3.63, 3.8) is 0 Å². The summed E-state index contributed by atoms with van der Waals surface area (Å²) < 4.78 is 15.5. The highest BCUT2D eigenvalue weighted by molar-refractivity contribution is 6.08. The maximum Gasteiger partial charge on any atom is 0.213 e. The second-order valence-electron chi connectivity index (χ2n) is 8.85. The van der Waals surface area contributed by atoms with Gasteiger partial charge in [0.05, 0.1) is 29.9 Å². The normalized spacial score (nSPS) is 21.5. The number of guanidine groups is 1. The fourth-order valence-corrected chi connectivity index (χ4v) is 5.23. The molecule has 2 aromatic heterocycles. The van der Waals surface area contributed by atoms with Crippen LogP contribution in [0.1, 0.15) is 36.1 Å². The van der Waals surface area contributed by atoms with Crippen LogP contribution in [0.2, 0.25) is 0 Å². The Morgan fingerprint density at radius 1 is 1.12 bits per heavy atom. The Labute approximate surface area is 186 Å². The van der Waals surface area contributed by atoms with Crippen LogP contribution in [0.4, 0.5) is 10.2 Å². The van der Waals surface area contributed by atoms with E-state index in [1.54, 1.807) is 6.07 Å². The van der Waals surface area contributed by atoms with E-state index in [4.69, 9.17) is 10.1 Å². The van der Waals surface area contributed by atoms with Crippen molar-refractivity contribution in [2.45, 2.75) is 44.8 Å². The van der Waals surface area contributed by atoms with Gasteiger partial charge in [0.15, 0.2) is 5.82 Å². The van der Waals surface area contributed by atoms with Crippen LogP contribution >= 0.6 is 0 Å². The zero-order chi connectivity index (χ0) is 22.0. The Kier molecular flexibility index (Phi) is 4.22. The molecule has 1 aromatic carbocycles. The van der Waals surface area contributed by atoms with E-state index in [1.807, 2.05) is 25.2 Å². The van der Waals surface area contributed by atoms with E-state index in [0.717, 1.165) is 52.7 Å². The summed E-state index contributed by atoms with van der Waals surface area (Å²) >= 11 is 0. The van der Waals surface area contributed by atoms with Crippen LogP contribution in [0.3, 0.4) is 0 Å². The van der Waals surface area contributed by atoms with E-state index in [1.165, 1.54) is 12.5 Å². The molecule has 2 atom stereocenters. The van der Waals surface area contributed by atoms with Gasteiger partial charge in [0, 0.05) is 24.0 Å². The van der Waals surface area contributed by atoms with E-state index in [2.05, 4.69) is 45.1 Å². The molecule has 1 aliphatic carbocycles. The van der Waals surface area contributed by atoms with E-state index in [0.29, 0.717) is 24.3 Å². The average molecular weight is 429 g/mol. The molecule has 0 N–H and O–H groups in total. The molecule has 2 unspecified atom stereocenters. The van der Waals surface area contributed by atoms with Crippen molar-refractivity contribution < 1.29 is 4.39 Å². The summed E-state index contributed by atoms with van der Waals surface area (Å²) in [5, 5.41) is 5.04. The van der Waals surface area contributed by atoms with Crippen molar-refractivity contribution >= 4 is 17.5 Å². The number of hydrogen-bond acceptors (Lipinski definition) is 5. The fourth-order valence-electron chi connectivity index (χ4n) is 5.23. The third-order valence-corrected chi connectivity index (χ3v) is 6.98. The molecule has 0 bridgehead atoms. The number of nitrogens with zero attached hydrogens (tertiary/aromatic N) is 6. The van der Waals surface area contributed by atoms with Gasteiger partial charge < -0.3 is 4.90 Å². The number of aromatic nitrogens is 3. The van der Waals surface area contributed by atoms with Gasteiger partial charge in [0.2, 0.25) is 11.9 Å². The fraction of sp³-hybridized carbons (Fsp3) is 0.320. The van der Waals surface area contributed by atoms with Crippen molar-refractivity contribution in [2.24, 2.45) is 4.99 Å². The van der Waals surface area contributed by atoms with Crippen molar-refractivity contribution in [2.75, 3.05) is 11.9 Å². The highest BCUT2D eigenvalue weighted by Gasteiger charge is 2.47. The summed E-state index contributed by atoms with van der Waals surface area (Å²) in [6.45, 7) is 7.12. The molecule has 0 amide bonds. The maximum absolute atomic E-state index is 13.5. The van der Waals surface area contributed by atoms with Crippen LogP contribution in [0, 0.1) is 12.9 Å². The number of halogens is 1. The van der Waals surface area contributed by atoms with E-state index < -0.39 is 5.95 Å². The van der Waals surface area contributed by atoms with Crippen molar-refractivity contribution in [3.8, 4) is 11.3 Å². The summed E-state index contributed by atoms with van der Waals surface area (Å²) in [5.74, 6) is 1.50. The third kappa shape index (κ3) is 2.80. The minimum Gasteiger partial charge on any atom is -0.315 e. The molecule has 162 valence electrons. The molecule has 2 aliphatic heterocycles. The van der Waals surface area contributed by atoms with Crippen LogP contribution < -0.4 is 4.90 Å². The Bertz CT molecular complexity index is 1260. The van der Waals surface area contributed by atoms with Crippen LogP contribution in [0.25, 0.3) is 17.0 Å². The van der Waals surface area contributed by atoms with Crippen molar-refractivity contribution in [3.05, 3.63) is 71.8 Å². The predicted molar refractivity (Wildman–Crippen MR) is 124 cm³/mol. The van der Waals surface area contributed by atoms with Gasteiger partial charge in [-0.25, -0.2) is 9.98 Å². The molecule has 4 heterocycles. The van der Waals surface area contributed by atoms with Crippen LogP contribution in [-0.2, 0) is 6.54 Å². The van der Waals surface area contributed by atoms with Gasteiger partial charge in [-0.2, -0.15) is 9.49 Å². The van der Waals surface area contributed by atoms with Gasteiger partial charge in [-0.15, -0.1) is 0 Å². The molecule has 0 saturated heterocycles. The van der Waals surface area contributed by atoms with Crippen LogP contribution in [0.5, 0.6) is 0 Å². The number of rotatable bonds is 3. The first kappa shape index (κ1) is 19.2. The Morgan fingerprint density at radius 3 is 2.72 bits per heavy atom. The lowest BCUT2D eigenvalue weighted by Gasteiger charge is -2.36. The molecule has 3 aliphatic rings. The minimum atomic E-state index is -0.469. The first-order chi connectivity index (χ1) is 15.5. The number of fused-ring (bicyclic) bond motifs is 5. The molecule has 1 fully saturated rings. The highest BCUT2D eigenvalue weighted by Crippen LogP contribution is 2.44. The largest absolute Gasteiger partial charge is 0.315 e. The SMILES string of the molecule is C=C1c2c(nn(Cc3ccc(-c4cccc(F)n4)cc3)c2C)N2C(=NC3CCCC32)N1C. The molecular formula is C25H25FN6. The number of hydrogen-bond donors (Lipinski definition) is 0. The van der Waals surface area contributed by atoms with Gasteiger partial charge in [-0.1, -0.05) is 36.9 Å². The number of anilines is 1. The molecule has 6 rings (SSSR count). The molecule has 32 heavy (non-hydrogen) atoms. The van der Waals surface area contributed by atoms with Crippen LogP contribution in [0.15, 0.2) is 54.0 Å². The summed E-state index contributed by atoms with van der Waals surface area (Å²) in [4.78, 5) is 13.4. The lowest BCUT2D eigenvalue weighted by atomic mass is 10.1. The molecule has 0 spiro atoms. The van der Waals surface area contributed by atoms with Gasteiger partial charge in [0.25, 0.3) is 0 Å². The van der Waals surface area contributed by atoms with Gasteiger partial charge in [-0.3, -0.25) is 9.58 Å². The first-order valence-corrected chi connectivity index (χ1v) is 11.1. The maximum atomic E-state index is 13.5.